The summed E-state index contributed by atoms with van der Waals surface area (Å²) in [5.74, 6) is 0.190. The highest BCUT2D eigenvalue weighted by molar-refractivity contribution is 5.62. The van der Waals surface area contributed by atoms with Gasteiger partial charge < -0.3 is 4.74 Å². The molecule has 1 atom stereocenters. The molecule has 25 heavy (non-hydrogen) atoms. The predicted molar refractivity (Wildman–Crippen MR) is 91.2 cm³/mol. The summed E-state index contributed by atoms with van der Waals surface area (Å²) in [6.45, 7) is 8.25. The normalized spacial score (nSPS) is 12.7. The summed E-state index contributed by atoms with van der Waals surface area (Å²) in [5.41, 5.74) is 0.588. The lowest BCUT2D eigenvalue weighted by Crippen LogP contribution is -2.12. The maximum atomic E-state index is 13.9. The van der Waals surface area contributed by atoms with Crippen LogP contribution in [0.25, 0.3) is 11.3 Å². The smallest absolute Gasteiger partial charge is 0.267 e. The molecule has 0 spiro atoms. The number of alkyl halides is 2. The average Bonchev–Trinajstić information content (AvgIpc) is 2.54. The first-order valence-corrected chi connectivity index (χ1v) is 8.31. The van der Waals surface area contributed by atoms with E-state index >= 15 is 0 Å². The van der Waals surface area contributed by atoms with E-state index in [9.17, 15) is 13.2 Å². The van der Waals surface area contributed by atoms with Gasteiger partial charge in [-0.25, -0.2) is 13.2 Å². The van der Waals surface area contributed by atoms with Crippen molar-refractivity contribution >= 4 is 0 Å². The van der Waals surface area contributed by atoms with Gasteiger partial charge in [-0.15, -0.1) is 0 Å². The third kappa shape index (κ3) is 5.18. The van der Waals surface area contributed by atoms with E-state index < -0.39 is 12.2 Å². The second-order valence-electron chi connectivity index (χ2n) is 6.76. The SMILES string of the molecule is Cc1cc(-c2cc(C(F)F)c(OCC(C)CC(C)C)cn2)c(F)cn1. The molecule has 2 rings (SSSR count). The Hall–Kier alpha value is -2.11. The number of rotatable bonds is 7. The van der Waals surface area contributed by atoms with E-state index in [0.29, 0.717) is 18.2 Å². The van der Waals surface area contributed by atoms with E-state index in [1.54, 1.807) is 6.92 Å². The summed E-state index contributed by atoms with van der Waals surface area (Å²) in [5, 5.41) is 0. The van der Waals surface area contributed by atoms with Crippen LogP contribution in [0.1, 0.15) is 44.9 Å². The molecule has 3 nitrogen and oxygen atoms in total. The van der Waals surface area contributed by atoms with Crippen LogP contribution in [-0.2, 0) is 0 Å². The lowest BCUT2D eigenvalue weighted by atomic mass is 10.00. The van der Waals surface area contributed by atoms with Crippen molar-refractivity contribution in [2.24, 2.45) is 11.8 Å². The summed E-state index contributed by atoms with van der Waals surface area (Å²) in [6, 6.07) is 2.67. The second kappa shape index (κ2) is 8.32. The average molecular weight is 352 g/mol. The first kappa shape index (κ1) is 19.2. The number of hydrogen-bond donors (Lipinski definition) is 0. The van der Waals surface area contributed by atoms with E-state index in [0.717, 1.165) is 12.6 Å². The zero-order valence-corrected chi connectivity index (χ0v) is 14.9. The Bertz CT molecular complexity index is 720. The number of hydrogen-bond acceptors (Lipinski definition) is 3. The van der Waals surface area contributed by atoms with Crippen molar-refractivity contribution in [2.75, 3.05) is 6.61 Å². The van der Waals surface area contributed by atoms with E-state index in [-0.39, 0.29) is 28.5 Å². The van der Waals surface area contributed by atoms with Gasteiger partial charge in [0.15, 0.2) is 5.82 Å². The Morgan fingerprint density at radius 1 is 1.08 bits per heavy atom. The van der Waals surface area contributed by atoms with Gasteiger partial charge in [-0.3, -0.25) is 9.97 Å². The van der Waals surface area contributed by atoms with Crippen molar-refractivity contribution in [1.29, 1.82) is 0 Å². The maximum Gasteiger partial charge on any atom is 0.267 e. The van der Waals surface area contributed by atoms with Crippen molar-refractivity contribution in [3.63, 3.8) is 0 Å². The van der Waals surface area contributed by atoms with Crippen LogP contribution < -0.4 is 4.74 Å². The number of aromatic nitrogens is 2. The topological polar surface area (TPSA) is 35.0 Å². The van der Waals surface area contributed by atoms with Gasteiger partial charge in [-0.2, -0.15) is 0 Å². The third-order valence-corrected chi connectivity index (χ3v) is 3.80. The molecule has 6 heteroatoms. The highest BCUT2D eigenvalue weighted by Gasteiger charge is 2.19. The fourth-order valence-electron chi connectivity index (χ4n) is 2.74. The zero-order chi connectivity index (χ0) is 18.6. The number of aryl methyl sites for hydroxylation is 1. The highest BCUT2D eigenvalue weighted by atomic mass is 19.3. The standard InChI is InChI=1S/C19H23F3N2O/c1-11(2)5-12(3)10-25-18-9-24-17(7-15(18)19(21)22)14-6-13(4)23-8-16(14)20/h6-9,11-12,19H,5,10H2,1-4H3. The van der Waals surface area contributed by atoms with Crippen LogP contribution >= 0.6 is 0 Å². The second-order valence-corrected chi connectivity index (χ2v) is 6.76. The largest absolute Gasteiger partial charge is 0.491 e. The molecule has 2 aromatic heterocycles. The van der Waals surface area contributed by atoms with Gasteiger partial charge in [0.1, 0.15) is 5.75 Å². The van der Waals surface area contributed by atoms with Crippen molar-refractivity contribution in [3.8, 4) is 17.0 Å². The lowest BCUT2D eigenvalue weighted by Gasteiger charge is -2.17. The Morgan fingerprint density at radius 3 is 2.44 bits per heavy atom. The molecule has 0 saturated carbocycles. The Morgan fingerprint density at radius 2 is 1.80 bits per heavy atom. The summed E-state index contributed by atoms with van der Waals surface area (Å²) in [6.07, 6.45) is 0.514. The molecule has 0 aromatic carbocycles. The molecule has 0 aliphatic heterocycles. The molecule has 0 fully saturated rings. The van der Waals surface area contributed by atoms with Crippen LogP contribution in [-0.4, -0.2) is 16.6 Å². The molecule has 0 N–H and O–H groups in total. The van der Waals surface area contributed by atoms with E-state index in [2.05, 4.69) is 23.8 Å². The highest BCUT2D eigenvalue weighted by Crippen LogP contribution is 2.33. The minimum atomic E-state index is -2.73. The van der Waals surface area contributed by atoms with Crippen molar-refractivity contribution in [2.45, 2.75) is 40.5 Å². The zero-order valence-electron chi connectivity index (χ0n) is 14.9. The van der Waals surface area contributed by atoms with Gasteiger partial charge in [-0.1, -0.05) is 20.8 Å². The number of ether oxygens (including phenoxy) is 1. The van der Waals surface area contributed by atoms with Gasteiger partial charge in [-0.05, 0) is 37.3 Å². The van der Waals surface area contributed by atoms with Gasteiger partial charge in [0.25, 0.3) is 6.43 Å². The number of nitrogens with zero attached hydrogens (tertiary/aromatic N) is 2. The first-order valence-electron chi connectivity index (χ1n) is 8.31. The minimum absolute atomic E-state index is 0.0422. The molecule has 0 aliphatic rings. The monoisotopic (exact) mass is 352 g/mol. The van der Waals surface area contributed by atoms with Gasteiger partial charge in [0.05, 0.1) is 30.3 Å². The summed E-state index contributed by atoms with van der Waals surface area (Å²) >= 11 is 0. The lowest BCUT2D eigenvalue weighted by molar-refractivity contribution is 0.142. The van der Waals surface area contributed by atoms with Crippen LogP contribution in [0.15, 0.2) is 24.5 Å². The van der Waals surface area contributed by atoms with Crippen LogP contribution in [0, 0.1) is 24.6 Å². The Balaban J connectivity index is 2.27. The first-order chi connectivity index (χ1) is 11.8. The molecule has 0 bridgehead atoms. The quantitative estimate of drug-likeness (QED) is 0.651. The molecule has 0 saturated heterocycles. The molecule has 0 radical (unpaired) electrons. The Labute approximate surface area is 146 Å². The molecule has 0 aliphatic carbocycles. The number of halogens is 3. The minimum Gasteiger partial charge on any atom is -0.491 e. The molecule has 136 valence electrons. The van der Waals surface area contributed by atoms with E-state index in [1.165, 1.54) is 18.3 Å². The van der Waals surface area contributed by atoms with Crippen molar-refractivity contribution in [1.82, 2.24) is 9.97 Å². The molecule has 2 aromatic rings. The van der Waals surface area contributed by atoms with Crippen LogP contribution in [0.4, 0.5) is 13.2 Å². The van der Waals surface area contributed by atoms with Gasteiger partial charge in [0.2, 0.25) is 0 Å². The van der Waals surface area contributed by atoms with Gasteiger partial charge >= 0.3 is 0 Å². The van der Waals surface area contributed by atoms with Gasteiger partial charge in [0, 0.05) is 11.3 Å². The van der Waals surface area contributed by atoms with Crippen molar-refractivity contribution < 1.29 is 17.9 Å². The molecule has 0 amide bonds. The Kier molecular flexibility index (Phi) is 6.39. The third-order valence-electron chi connectivity index (χ3n) is 3.80. The van der Waals surface area contributed by atoms with Crippen molar-refractivity contribution in [3.05, 3.63) is 41.6 Å². The maximum absolute atomic E-state index is 13.9. The summed E-state index contributed by atoms with van der Waals surface area (Å²) < 4.78 is 46.3. The molecule has 2 heterocycles. The predicted octanol–water partition coefficient (Wildman–Crippen LogP) is 5.59. The molecule has 1 unspecified atom stereocenters. The van der Waals surface area contributed by atoms with E-state index in [1.807, 2.05) is 6.92 Å². The fraction of sp³-hybridized carbons (Fsp3) is 0.474. The fourth-order valence-corrected chi connectivity index (χ4v) is 2.74. The van der Waals surface area contributed by atoms with Crippen LogP contribution in [0.2, 0.25) is 0 Å². The molecular formula is C19H23F3N2O. The van der Waals surface area contributed by atoms with Crippen LogP contribution in [0.3, 0.4) is 0 Å². The summed E-state index contributed by atoms with van der Waals surface area (Å²) in [4.78, 5) is 7.94. The van der Waals surface area contributed by atoms with E-state index in [4.69, 9.17) is 4.74 Å². The molecular weight excluding hydrogens is 329 g/mol. The summed E-state index contributed by atoms with van der Waals surface area (Å²) in [7, 11) is 0. The number of pyridine rings is 2. The van der Waals surface area contributed by atoms with Crippen LogP contribution in [0.5, 0.6) is 5.75 Å².